The molecule has 0 aromatic heterocycles. The number of aryl methyl sites for hydroxylation is 1. The number of hydrogen-bond donors (Lipinski definition) is 1. The molecule has 100 valence electrons. The van der Waals surface area contributed by atoms with E-state index in [-0.39, 0.29) is 11.9 Å². The molecule has 2 aromatic carbocycles. The lowest BCUT2D eigenvalue weighted by Crippen LogP contribution is -2.23. The number of benzene rings is 2. The first-order valence-corrected chi connectivity index (χ1v) is 7.17. The van der Waals surface area contributed by atoms with Crippen LogP contribution in [-0.2, 0) is 0 Å². The van der Waals surface area contributed by atoms with Gasteiger partial charge in [-0.1, -0.05) is 59.3 Å². The smallest absolute Gasteiger partial charge is 0.128 e. The van der Waals surface area contributed by atoms with E-state index in [2.05, 4.69) is 21.2 Å². The maximum Gasteiger partial charge on any atom is 0.128 e. The van der Waals surface area contributed by atoms with Crippen LogP contribution in [0.1, 0.15) is 29.7 Å². The second kappa shape index (κ2) is 6.31. The van der Waals surface area contributed by atoms with Gasteiger partial charge in [0, 0.05) is 10.0 Å². The van der Waals surface area contributed by atoms with E-state index < -0.39 is 0 Å². The Balaban J connectivity index is 2.52. The summed E-state index contributed by atoms with van der Waals surface area (Å²) in [5, 5.41) is 3.35. The lowest BCUT2D eigenvalue weighted by atomic mass is 9.97. The number of halogens is 2. The van der Waals surface area contributed by atoms with Crippen molar-refractivity contribution in [2.45, 2.75) is 19.9 Å². The van der Waals surface area contributed by atoms with Gasteiger partial charge in [0.15, 0.2) is 0 Å². The van der Waals surface area contributed by atoms with Gasteiger partial charge >= 0.3 is 0 Å². The fourth-order valence-electron chi connectivity index (χ4n) is 2.19. The first kappa shape index (κ1) is 14.2. The van der Waals surface area contributed by atoms with Gasteiger partial charge in [0.25, 0.3) is 0 Å². The van der Waals surface area contributed by atoms with E-state index in [0.29, 0.717) is 5.56 Å². The topological polar surface area (TPSA) is 12.0 Å². The summed E-state index contributed by atoms with van der Waals surface area (Å²) >= 11 is 3.61. The molecule has 0 aliphatic heterocycles. The van der Waals surface area contributed by atoms with Gasteiger partial charge in [-0.05, 0) is 30.7 Å². The summed E-state index contributed by atoms with van der Waals surface area (Å²) in [6, 6.07) is 12.8. The molecule has 2 aromatic rings. The van der Waals surface area contributed by atoms with E-state index in [4.69, 9.17) is 0 Å². The molecule has 0 aliphatic rings. The second-order valence-electron chi connectivity index (χ2n) is 4.49. The van der Waals surface area contributed by atoms with Crippen LogP contribution < -0.4 is 5.32 Å². The summed E-state index contributed by atoms with van der Waals surface area (Å²) in [5.74, 6) is -0.179. The van der Waals surface area contributed by atoms with Gasteiger partial charge in [-0.15, -0.1) is 0 Å². The molecule has 0 saturated heterocycles. The lowest BCUT2D eigenvalue weighted by molar-refractivity contribution is 0.558. The Labute approximate surface area is 122 Å². The molecule has 1 atom stereocenters. The molecule has 1 nitrogen and oxygen atoms in total. The van der Waals surface area contributed by atoms with Crippen LogP contribution in [0.25, 0.3) is 0 Å². The van der Waals surface area contributed by atoms with Crippen LogP contribution >= 0.6 is 15.9 Å². The van der Waals surface area contributed by atoms with E-state index >= 15 is 0 Å². The van der Waals surface area contributed by atoms with Gasteiger partial charge in [-0.2, -0.15) is 0 Å². The predicted molar refractivity (Wildman–Crippen MR) is 80.8 cm³/mol. The Kier molecular flexibility index (Phi) is 4.72. The molecular formula is C16H17BrFN. The van der Waals surface area contributed by atoms with E-state index in [1.165, 1.54) is 6.07 Å². The van der Waals surface area contributed by atoms with Gasteiger partial charge in [0.05, 0.1) is 6.04 Å². The molecule has 0 amide bonds. The van der Waals surface area contributed by atoms with Crippen molar-refractivity contribution in [1.82, 2.24) is 5.32 Å². The van der Waals surface area contributed by atoms with Crippen LogP contribution in [0.5, 0.6) is 0 Å². The molecule has 0 saturated carbocycles. The maximum absolute atomic E-state index is 14.0. The fourth-order valence-corrected chi connectivity index (χ4v) is 2.69. The van der Waals surface area contributed by atoms with Crippen molar-refractivity contribution < 1.29 is 4.39 Å². The van der Waals surface area contributed by atoms with Gasteiger partial charge in [-0.25, -0.2) is 4.39 Å². The standard InChI is InChI=1S/C16H17BrFN/c1-3-19-16(12-8-4-5-10-14(12)18)13-9-6-7-11(2)15(13)17/h4-10,16,19H,3H2,1-2H3. The Bertz CT molecular complexity index is 568. The molecule has 0 heterocycles. The van der Waals surface area contributed by atoms with Crippen molar-refractivity contribution in [2.75, 3.05) is 6.54 Å². The minimum absolute atomic E-state index is 0.138. The average Bonchev–Trinajstić information content (AvgIpc) is 2.41. The summed E-state index contributed by atoms with van der Waals surface area (Å²) in [5.41, 5.74) is 2.89. The molecule has 19 heavy (non-hydrogen) atoms. The third-order valence-electron chi connectivity index (χ3n) is 3.16. The number of hydrogen-bond acceptors (Lipinski definition) is 1. The van der Waals surface area contributed by atoms with Gasteiger partial charge in [0.1, 0.15) is 5.82 Å². The summed E-state index contributed by atoms with van der Waals surface area (Å²) in [7, 11) is 0. The summed E-state index contributed by atoms with van der Waals surface area (Å²) in [4.78, 5) is 0. The zero-order valence-electron chi connectivity index (χ0n) is 11.1. The molecule has 0 spiro atoms. The molecule has 3 heteroatoms. The first-order chi connectivity index (χ1) is 9.15. The number of nitrogens with one attached hydrogen (secondary N) is 1. The van der Waals surface area contributed by atoms with Crippen molar-refractivity contribution in [3.8, 4) is 0 Å². The normalized spacial score (nSPS) is 12.4. The highest BCUT2D eigenvalue weighted by Crippen LogP contribution is 2.31. The van der Waals surface area contributed by atoms with Gasteiger partial charge in [-0.3, -0.25) is 0 Å². The average molecular weight is 322 g/mol. The van der Waals surface area contributed by atoms with Crippen molar-refractivity contribution >= 4 is 15.9 Å². The Morgan fingerprint density at radius 1 is 1.11 bits per heavy atom. The van der Waals surface area contributed by atoms with Gasteiger partial charge in [0.2, 0.25) is 0 Å². The maximum atomic E-state index is 14.0. The fraction of sp³-hybridized carbons (Fsp3) is 0.250. The van der Waals surface area contributed by atoms with E-state index in [1.54, 1.807) is 6.07 Å². The number of rotatable bonds is 4. The SMILES string of the molecule is CCNC(c1ccccc1F)c1cccc(C)c1Br. The highest BCUT2D eigenvalue weighted by atomic mass is 79.9. The van der Waals surface area contributed by atoms with Crippen molar-refractivity contribution in [3.05, 3.63) is 69.4 Å². The monoisotopic (exact) mass is 321 g/mol. The highest BCUT2D eigenvalue weighted by Gasteiger charge is 2.19. The van der Waals surface area contributed by atoms with Crippen molar-refractivity contribution in [3.63, 3.8) is 0 Å². The zero-order valence-corrected chi connectivity index (χ0v) is 12.7. The van der Waals surface area contributed by atoms with Crippen LogP contribution in [0.15, 0.2) is 46.9 Å². The molecule has 2 rings (SSSR count). The minimum Gasteiger partial charge on any atom is -0.306 e. The van der Waals surface area contributed by atoms with Gasteiger partial charge < -0.3 is 5.32 Å². The molecule has 1 N–H and O–H groups in total. The molecular weight excluding hydrogens is 305 g/mol. The second-order valence-corrected chi connectivity index (χ2v) is 5.28. The molecule has 0 radical (unpaired) electrons. The Morgan fingerprint density at radius 3 is 2.47 bits per heavy atom. The molecule has 0 fully saturated rings. The zero-order chi connectivity index (χ0) is 13.8. The van der Waals surface area contributed by atoms with Crippen molar-refractivity contribution in [2.24, 2.45) is 0 Å². The quantitative estimate of drug-likeness (QED) is 0.868. The van der Waals surface area contributed by atoms with Crippen LogP contribution in [0.4, 0.5) is 4.39 Å². The third kappa shape index (κ3) is 3.04. The Hall–Kier alpha value is -1.19. The molecule has 1 unspecified atom stereocenters. The van der Waals surface area contributed by atoms with E-state index in [0.717, 1.165) is 22.1 Å². The predicted octanol–water partition coefficient (Wildman–Crippen LogP) is 4.60. The van der Waals surface area contributed by atoms with Crippen LogP contribution in [0.3, 0.4) is 0 Å². The largest absolute Gasteiger partial charge is 0.306 e. The summed E-state index contributed by atoms with van der Waals surface area (Å²) < 4.78 is 15.1. The summed E-state index contributed by atoms with van der Waals surface area (Å²) in [6.07, 6.45) is 0. The van der Waals surface area contributed by atoms with E-state index in [1.807, 2.05) is 44.2 Å². The van der Waals surface area contributed by atoms with Crippen molar-refractivity contribution in [1.29, 1.82) is 0 Å². The van der Waals surface area contributed by atoms with Crippen LogP contribution in [0.2, 0.25) is 0 Å². The van der Waals surface area contributed by atoms with Crippen LogP contribution in [-0.4, -0.2) is 6.54 Å². The Morgan fingerprint density at radius 2 is 1.79 bits per heavy atom. The third-order valence-corrected chi connectivity index (χ3v) is 4.24. The summed E-state index contributed by atoms with van der Waals surface area (Å²) in [6.45, 7) is 4.84. The molecule has 0 bridgehead atoms. The van der Waals surface area contributed by atoms with E-state index in [9.17, 15) is 4.39 Å². The highest BCUT2D eigenvalue weighted by molar-refractivity contribution is 9.10. The lowest BCUT2D eigenvalue weighted by Gasteiger charge is -2.21. The molecule has 0 aliphatic carbocycles. The minimum atomic E-state index is -0.179. The van der Waals surface area contributed by atoms with Crippen LogP contribution in [0, 0.1) is 12.7 Å². The first-order valence-electron chi connectivity index (χ1n) is 6.38.